The maximum Gasteiger partial charge on any atom is 1.00 e. The van der Waals surface area contributed by atoms with Crippen molar-refractivity contribution in [1.29, 1.82) is 0 Å². The van der Waals surface area contributed by atoms with Crippen molar-refractivity contribution in [2.75, 3.05) is 0 Å². The van der Waals surface area contributed by atoms with Crippen LogP contribution in [0.1, 0.15) is 6.92 Å². The molecule has 0 bridgehead atoms. The van der Waals surface area contributed by atoms with E-state index in [9.17, 15) is 4.57 Å². The fourth-order valence-electron chi connectivity index (χ4n) is 0.527. The first-order valence-corrected chi connectivity index (χ1v) is 3.90. The topological polar surface area (TPSA) is 70.1 Å². The van der Waals surface area contributed by atoms with Gasteiger partial charge in [0.05, 0.1) is 6.10 Å². The van der Waals surface area contributed by atoms with Crippen LogP contribution in [0.25, 0.3) is 0 Å². The fraction of sp³-hybridized carbons (Fsp3) is 1.00. The van der Waals surface area contributed by atoms with E-state index in [1.54, 1.807) is 6.92 Å². The first-order chi connectivity index (χ1) is 3.52. The number of epoxide rings is 1. The van der Waals surface area contributed by atoms with Crippen molar-refractivity contribution in [2.45, 2.75) is 18.9 Å². The first kappa shape index (κ1) is 10.1. The molecule has 0 aromatic rings. The molecule has 1 saturated heterocycles. The van der Waals surface area contributed by atoms with Gasteiger partial charge >= 0.3 is 37.2 Å². The predicted molar refractivity (Wildman–Crippen MR) is 26.4 cm³/mol. The number of hydrogen-bond acceptors (Lipinski definition) is 2. The third-order valence-electron chi connectivity index (χ3n) is 1.01. The normalized spacial score (nSPS) is 33.2. The van der Waals surface area contributed by atoms with Gasteiger partial charge < -0.3 is 14.5 Å². The van der Waals surface area contributed by atoms with Gasteiger partial charge in [-0.05, 0) is 6.92 Å². The van der Waals surface area contributed by atoms with Crippen molar-refractivity contribution >= 4 is 7.60 Å². The van der Waals surface area contributed by atoms with E-state index in [0.29, 0.717) is 0 Å². The third kappa shape index (κ3) is 2.68. The molecule has 0 aromatic carbocycles. The number of rotatable bonds is 1. The molecule has 1 fully saturated rings. The molecule has 0 amide bonds. The summed E-state index contributed by atoms with van der Waals surface area (Å²) in [6.07, 6.45) is -0.254. The molecule has 0 aliphatic carbocycles. The summed E-state index contributed by atoms with van der Waals surface area (Å²) in [5, 5.41) is 0. The van der Waals surface area contributed by atoms with Crippen molar-refractivity contribution in [1.82, 2.24) is 0 Å². The van der Waals surface area contributed by atoms with Crippen molar-refractivity contribution in [3.63, 3.8) is 0 Å². The van der Waals surface area contributed by atoms with Crippen LogP contribution in [0.4, 0.5) is 0 Å². The summed E-state index contributed by atoms with van der Waals surface area (Å²) in [5.41, 5.74) is 0. The van der Waals surface area contributed by atoms with Crippen molar-refractivity contribution in [3.8, 4) is 0 Å². The Morgan fingerprint density at radius 3 is 1.89 bits per heavy atom. The van der Waals surface area contributed by atoms with E-state index >= 15 is 0 Å². The van der Waals surface area contributed by atoms with Gasteiger partial charge in [0, 0.05) is 0 Å². The van der Waals surface area contributed by atoms with Crippen LogP contribution in [0.3, 0.4) is 0 Å². The summed E-state index contributed by atoms with van der Waals surface area (Å²) in [4.78, 5) is 16.6. The zero-order valence-electron chi connectivity index (χ0n) is 5.31. The maximum atomic E-state index is 10.2. The Morgan fingerprint density at radius 1 is 1.56 bits per heavy atom. The van der Waals surface area contributed by atoms with E-state index in [2.05, 4.69) is 4.74 Å². The molecule has 0 radical (unpaired) electrons. The van der Waals surface area contributed by atoms with E-state index in [-0.39, 0.29) is 35.7 Å². The molecule has 2 atom stereocenters. The van der Waals surface area contributed by atoms with E-state index in [4.69, 9.17) is 9.79 Å². The van der Waals surface area contributed by atoms with Gasteiger partial charge in [-0.15, -0.1) is 0 Å². The smallest absolute Gasteiger partial charge is 0.356 e. The van der Waals surface area contributed by atoms with Gasteiger partial charge in [0.2, 0.25) is 0 Å². The van der Waals surface area contributed by atoms with Crippen LogP contribution in [-0.2, 0) is 9.30 Å². The Labute approximate surface area is 75.0 Å². The SMILES string of the molecule is CC1OC1P(=O)(O)O.[Na+]. The second kappa shape index (κ2) is 3.01. The molecule has 1 rings (SSSR count). The first-order valence-electron chi connectivity index (χ1n) is 2.22. The van der Waals surface area contributed by atoms with Crippen LogP contribution >= 0.6 is 7.60 Å². The molecule has 0 aromatic heterocycles. The largest absolute Gasteiger partial charge is 1.00 e. The van der Waals surface area contributed by atoms with E-state index < -0.39 is 13.4 Å². The number of hydrogen-bond donors (Lipinski definition) is 2. The second-order valence-electron chi connectivity index (χ2n) is 1.82. The van der Waals surface area contributed by atoms with Crippen LogP contribution in [0.5, 0.6) is 0 Å². The van der Waals surface area contributed by atoms with E-state index in [0.717, 1.165) is 0 Å². The van der Waals surface area contributed by atoms with E-state index in [1.165, 1.54) is 0 Å². The minimum Gasteiger partial charge on any atom is -0.356 e. The van der Waals surface area contributed by atoms with Gasteiger partial charge in [0.15, 0.2) is 5.85 Å². The molecular weight excluding hydrogens is 154 g/mol. The summed E-state index contributed by atoms with van der Waals surface area (Å²) < 4.78 is 14.7. The Balaban J connectivity index is 0.000000640. The molecule has 0 spiro atoms. The van der Waals surface area contributed by atoms with Crippen molar-refractivity contribution in [3.05, 3.63) is 0 Å². The summed E-state index contributed by atoms with van der Waals surface area (Å²) in [7, 11) is -3.90. The predicted octanol–water partition coefficient (Wildman–Crippen LogP) is -3.09. The minimum absolute atomic E-state index is 0. The Bertz CT molecular complexity index is 143. The van der Waals surface area contributed by atoms with Gasteiger partial charge in [-0.2, -0.15) is 0 Å². The van der Waals surface area contributed by atoms with Gasteiger partial charge in [-0.25, -0.2) is 0 Å². The van der Waals surface area contributed by atoms with Gasteiger partial charge in [-0.3, -0.25) is 4.57 Å². The second-order valence-corrected chi connectivity index (χ2v) is 3.51. The van der Waals surface area contributed by atoms with Gasteiger partial charge in [-0.1, -0.05) is 0 Å². The molecular formula is C3H7NaO4P+. The summed E-state index contributed by atoms with van der Waals surface area (Å²) in [5.74, 6) is -0.817. The zero-order chi connectivity index (χ0) is 6.36. The van der Waals surface area contributed by atoms with Crippen LogP contribution in [0.15, 0.2) is 0 Å². The Kier molecular flexibility index (Phi) is 3.38. The van der Waals surface area contributed by atoms with E-state index in [1.807, 2.05) is 0 Å². The number of ether oxygens (including phenoxy) is 1. The van der Waals surface area contributed by atoms with Crippen LogP contribution in [0.2, 0.25) is 0 Å². The average molecular weight is 161 g/mol. The summed E-state index contributed by atoms with van der Waals surface area (Å²) >= 11 is 0. The minimum atomic E-state index is -3.90. The Hall–Kier alpha value is 1.11. The van der Waals surface area contributed by atoms with Crippen LogP contribution < -0.4 is 29.6 Å². The zero-order valence-corrected chi connectivity index (χ0v) is 8.21. The molecule has 1 aliphatic rings. The van der Waals surface area contributed by atoms with Crippen molar-refractivity contribution in [2.24, 2.45) is 0 Å². The van der Waals surface area contributed by atoms with Crippen LogP contribution in [-0.4, -0.2) is 21.7 Å². The molecule has 9 heavy (non-hydrogen) atoms. The monoisotopic (exact) mass is 161 g/mol. The summed E-state index contributed by atoms with van der Waals surface area (Å²) in [6, 6.07) is 0. The third-order valence-corrected chi connectivity index (χ3v) is 2.22. The van der Waals surface area contributed by atoms with Crippen molar-refractivity contribution < 1.29 is 48.6 Å². The molecule has 4 nitrogen and oxygen atoms in total. The molecule has 48 valence electrons. The van der Waals surface area contributed by atoms with Gasteiger partial charge in [0.1, 0.15) is 0 Å². The summed E-state index contributed by atoms with van der Waals surface area (Å²) in [6.45, 7) is 1.63. The Morgan fingerprint density at radius 2 is 1.89 bits per heavy atom. The molecule has 1 heterocycles. The quantitative estimate of drug-likeness (QED) is 0.243. The molecule has 2 unspecified atom stereocenters. The maximum absolute atomic E-state index is 10.2. The molecule has 2 N–H and O–H groups in total. The standard InChI is InChI=1S/C3H7O4P.Na/c1-2-3(7-2)8(4,5)6;/h2-3H,1H3,(H2,4,5,6);/q;+1. The molecule has 0 saturated carbocycles. The molecule has 1 aliphatic heterocycles. The van der Waals surface area contributed by atoms with Crippen LogP contribution in [0, 0.1) is 0 Å². The average Bonchev–Trinajstić information content (AvgIpc) is 2.13. The molecule has 6 heteroatoms. The van der Waals surface area contributed by atoms with Gasteiger partial charge in [0.25, 0.3) is 0 Å². The fourth-order valence-corrected chi connectivity index (χ4v) is 1.42.